The molecule has 0 radical (unpaired) electrons. The van der Waals surface area contributed by atoms with Crippen LogP contribution in [0.2, 0.25) is 0 Å². The smallest absolute Gasteiger partial charge is 0.203 e. The number of alkyl halides is 3. The first-order valence-electron chi connectivity index (χ1n) is 8.83. The van der Waals surface area contributed by atoms with Crippen molar-refractivity contribution in [2.24, 2.45) is 0 Å². The molecule has 0 aliphatic heterocycles. The SMILES string of the molecule is CCc1ccc(-c2ccc(-c3ccc(/C=C(\Cl)C(F)(F)F)cc3)c(F)c2F)cc1. The van der Waals surface area contributed by atoms with Gasteiger partial charge in [-0.1, -0.05) is 79.2 Å². The Morgan fingerprint density at radius 3 is 1.66 bits per heavy atom. The molecule has 0 spiro atoms. The van der Waals surface area contributed by atoms with Gasteiger partial charge in [0.2, 0.25) is 0 Å². The summed E-state index contributed by atoms with van der Waals surface area (Å²) in [7, 11) is 0. The fourth-order valence-electron chi connectivity index (χ4n) is 2.90. The van der Waals surface area contributed by atoms with E-state index in [1.54, 1.807) is 12.1 Å². The molecular weight excluding hydrogens is 407 g/mol. The van der Waals surface area contributed by atoms with E-state index in [0.29, 0.717) is 11.1 Å². The molecule has 0 atom stereocenters. The van der Waals surface area contributed by atoms with Gasteiger partial charge < -0.3 is 0 Å². The van der Waals surface area contributed by atoms with Crippen LogP contribution in [0.4, 0.5) is 22.0 Å². The molecule has 150 valence electrons. The van der Waals surface area contributed by atoms with E-state index < -0.39 is 22.8 Å². The summed E-state index contributed by atoms with van der Waals surface area (Å²) in [5.74, 6) is -1.99. The van der Waals surface area contributed by atoms with Gasteiger partial charge in [-0.15, -0.1) is 0 Å². The summed E-state index contributed by atoms with van der Waals surface area (Å²) < 4.78 is 66.9. The average molecular weight is 423 g/mol. The lowest BCUT2D eigenvalue weighted by Gasteiger charge is -2.10. The van der Waals surface area contributed by atoms with Crippen molar-refractivity contribution in [3.05, 3.63) is 88.5 Å². The quantitative estimate of drug-likeness (QED) is 0.373. The number of aryl methyl sites for hydroxylation is 1. The molecule has 0 aromatic heterocycles. The molecule has 0 aliphatic carbocycles. The van der Waals surface area contributed by atoms with Gasteiger partial charge in [0.25, 0.3) is 0 Å². The molecule has 0 bridgehead atoms. The van der Waals surface area contributed by atoms with Gasteiger partial charge in [-0.3, -0.25) is 0 Å². The maximum atomic E-state index is 14.7. The van der Waals surface area contributed by atoms with Gasteiger partial charge in [-0.25, -0.2) is 8.78 Å². The Hall–Kier alpha value is -2.66. The van der Waals surface area contributed by atoms with Crippen LogP contribution in [0.3, 0.4) is 0 Å². The molecular formula is C23H16ClF5. The Morgan fingerprint density at radius 2 is 1.24 bits per heavy atom. The Morgan fingerprint density at radius 1 is 0.793 bits per heavy atom. The standard InChI is InChI=1S/C23H16ClF5/c1-2-14-3-7-16(8-4-14)18-11-12-19(22(26)21(18)25)17-9-5-15(6-10-17)13-20(24)23(27,28)29/h3-13H,2H2,1H3/b20-13-. The van der Waals surface area contributed by atoms with E-state index in [9.17, 15) is 22.0 Å². The van der Waals surface area contributed by atoms with Crippen molar-refractivity contribution in [1.82, 2.24) is 0 Å². The third-order valence-corrected chi connectivity index (χ3v) is 4.86. The second-order valence-electron chi connectivity index (χ2n) is 6.45. The first-order valence-corrected chi connectivity index (χ1v) is 9.20. The Labute approximate surface area is 170 Å². The van der Waals surface area contributed by atoms with Crippen molar-refractivity contribution in [1.29, 1.82) is 0 Å². The summed E-state index contributed by atoms with van der Waals surface area (Å²) in [6, 6.07) is 15.7. The third-order valence-electron chi connectivity index (χ3n) is 4.54. The van der Waals surface area contributed by atoms with Crippen LogP contribution >= 0.6 is 11.6 Å². The number of halogens is 6. The summed E-state index contributed by atoms with van der Waals surface area (Å²) >= 11 is 5.22. The maximum absolute atomic E-state index is 14.7. The van der Waals surface area contributed by atoms with Crippen LogP contribution in [0.25, 0.3) is 28.3 Å². The Balaban J connectivity index is 1.93. The number of hydrogen-bond donors (Lipinski definition) is 0. The first kappa shape index (κ1) is 21.1. The molecule has 29 heavy (non-hydrogen) atoms. The van der Waals surface area contributed by atoms with Gasteiger partial charge in [0.15, 0.2) is 11.6 Å². The fourth-order valence-corrected chi connectivity index (χ4v) is 3.03. The second-order valence-corrected chi connectivity index (χ2v) is 6.86. The summed E-state index contributed by atoms with van der Waals surface area (Å²) in [6.07, 6.45) is -3.03. The number of allylic oxidation sites excluding steroid dienone is 1. The van der Waals surface area contributed by atoms with Gasteiger partial charge in [0.1, 0.15) is 5.03 Å². The van der Waals surface area contributed by atoms with Crippen molar-refractivity contribution >= 4 is 17.7 Å². The van der Waals surface area contributed by atoms with E-state index in [1.807, 2.05) is 19.1 Å². The summed E-state index contributed by atoms with van der Waals surface area (Å²) in [5.41, 5.74) is 2.36. The predicted molar refractivity (Wildman–Crippen MR) is 106 cm³/mol. The average Bonchev–Trinajstić information content (AvgIpc) is 2.70. The van der Waals surface area contributed by atoms with Crippen LogP contribution < -0.4 is 0 Å². The lowest BCUT2D eigenvalue weighted by atomic mass is 9.97. The largest absolute Gasteiger partial charge is 0.426 e. The van der Waals surface area contributed by atoms with Gasteiger partial charge in [0, 0.05) is 11.1 Å². The fraction of sp³-hybridized carbons (Fsp3) is 0.130. The van der Waals surface area contributed by atoms with Crippen molar-refractivity contribution < 1.29 is 22.0 Å². The van der Waals surface area contributed by atoms with Gasteiger partial charge in [-0.2, -0.15) is 13.2 Å². The number of benzene rings is 3. The molecule has 0 aliphatic rings. The monoisotopic (exact) mass is 422 g/mol. The van der Waals surface area contributed by atoms with Crippen LogP contribution in [0.1, 0.15) is 18.1 Å². The van der Waals surface area contributed by atoms with Crippen molar-refractivity contribution in [3.8, 4) is 22.3 Å². The van der Waals surface area contributed by atoms with Crippen molar-refractivity contribution in [3.63, 3.8) is 0 Å². The van der Waals surface area contributed by atoms with Crippen LogP contribution in [-0.2, 0) is 6.42 Å². The van der Waals surface area contributed by atoms with E-state index in [0.717, 1.165) is 18.1 Å². The lowest BCUT2D eigenvalue weighted by Crippen LogP contribution is -2.06. The minimum atomic E-state index is -4.64. The Kier molecular flexibility index (Phi) is 6.08. The van der Waals surface area contributed by atoms with Crippen molar-refractivity contribution in [2.45, 2.75) is 19.5 Å². The normalized spacial score (nSPS) is 12.3. The van der Waals surface area contributed by atoms with E-state index >= 15 is 0 Å². The molecule has 0 nitrogen and oxygen atoms in total. The molecule has 0 saturated heterocycles. The van der Waals surface area contributed by atoms with E-state index in [2.05, 4.69) is 0 Å². The highest BCUT2D eigenvalue weighted by atomic mass is 35.5. The number of rotatable bonds is 4. The predicted octanol–water partition coefficient (Wildman–Crippen LogP) is 8.00. The highest BCUT2D eigenvalue weighted by Crippen LogP contribution is 2.33. The molecule has 0 fully saturated rings. The van der Waals surface area contributed by atoms with Crippen LogP contribution in [-0.4, -0.2) is 6.18 Å². The van der Waals surface area contributed by atoms with E-state index in [4.69, 9.17) is 11.6 Å². The van der Waals surface area contributed by atoms with Gasteiger partial charge in [0.05, 0.1) is 0 Å². The van der Waals surface area contributed by atoms with Crippen LogP contribution in [0.5, 0.6) is 0 Å². The molecule has 0 N–H and O–H groups in total. The second kappa shape index (κ2) is 8.37. The van der Waals surface area contributed by atoms with Gasteiger partial charge in [-0.05, 0) is 34.8 Å². The van der Waals surface area contributed by atoms with Crippen molar-refractivity contribution in [2.75, 3.05) is 0 Å². The molecule has 3 aromatic carbocycles. The zero-order chi connectivity index (χ0) is 21.2. The maximum Gasteiger partial charge on any atom is 0.426 e. The van der Waals surface area contributed by atoms with Gasteiger partial charge >= 0.3 is 6.18 Å². The summed E-state index contributed by atoms with van der Waals surface area (Å²) in [5, 5.41) is -1.26. The Bertz CT molecular complexity index is 1030. The summed E-state index contributed by atoms with van der Waals surface area (Å²) in [6.45, 7) is 2.00. The molecule has 0 amide bonds. The molecule has 6 heteroatoms. The zero-order valence-corrected chi connectivity index (χ0v) is 16.1. The minimum absolute atomic E-state index is 0.0221. The van der Waals surface area contributed by atoms with Crippen LogP contribution in [0, 0.1) is 11.6 Å². The molecule has 3 rings (SSSR count). The highest BCUT2D eigenvalue weighted by Gasteiger charge is 2.32. The molecule has 0 unspecified atom stereocenters. The highest BCUT2D eigenvalue weighted by molar-refractivity contribution is 6.32. The lowest BCUT2D eigenvalue weighted by molar-refractivity contribution is -0.0836. The minimum Gasteiger partial charge on any atom is -0.203 e. The van der Waals surface area contributed by atoms with Crippen LogP contribution in [0.15, 0.2) is 65.7 Å². The topological polar surface area (TPSA) is 0 Å². The van der Waals surface area contributed by atoms with E-state index in [1.165, 1.54) is 36.4 Å². The summed E-state index contributed by atoms with van der Waals surface area (Å²) in [4.78, 5) is 0. The number of hydrogen-bond acceptors (Lipinski definition) is 0. The van der Waals surface area contributed by atoms with E-state index in [-0.39, 0.29) is 16.7 Å². The first-order chi connectivity index (χ1) is 13.7. The molecule has 0 heterocycles. The third kappa shape index (κ3) is 4.67. The zero-order valence-electron chi connectivity index (χ0n) is 15.3. The molecule has 0 saturated carbocycles. The molecule has 3 aromatic rings.